The van der Waals surface area contributed by atoms with Crippen molar-refractivity contribution in [3.05, 3.63) is 35.9 Å². The molecule has 1 aliphatic rings. The Kier molecular flexibility index (Phi) is 2.83. The molecule has 0 bridgehead atoms. The summed E-state index contributed by atoms with van der Waals surface area (Å²) in [6.45, 7) is 7.01. The molecule has 1 fully saturated rings. The summed E-state index contributed by atoms with van der Waals surface area (Å²) in [5.41, 5.74) is 8.19. The maximum Gasteiger partial charge on any atom is 0.0417 e. The van der Waals surface area contributed by atoms with Gasteiger partial charge in [0, 0.05) is 5.54 Å². The summed E-state index contributed by atoms with van der Waals surface area (Å²) in [6, 6.07) is 10.6. The van der Waals surface area contributed by atoms with E-state index < -0.39 is 0 Å². The molecule has 0 aliphatic heterocycles. The van der Waals surface area contributed by atoms with Gasteiger partial charge in [0.2, 0.25) is 0 Å². The minimum Gasteiger partial charge on any atom is -0.321 e. The molecular formula is C15H23N. The molecule has 1 aliphatic carbocycles. The van der Waals surface area contributed by atoms with Crippen molar-refractivity contribution in [1.82, 2.24) is 0 Å². The summed E-state index contributed by atoms with van der Waals surface area (Å²) in [5.74, 6) is 0.717. The average Bonchev–Trinajstić information content (AvgIpc) is 2.15. The molecule has 2 N–H and O–H groups in total. The molecule has 0 radical (unpaired) electrons. The number of benzene rings is 1. The minimum absolute atomic E-state index is 0.123. The third-order valence-electron chi connectivity index (χ3n) is 3.76. The van der Waals surface area contributed by atoms with Gasteiger partial charge in [-0.05, 0) is 36.2 Å². The van der Waals surface area contributed by atoms with Crippen molar-refractivity contribution < 1.29 is 0 Å². The van der Waals surface area contributed by atoms with Gasteiger partial charge in [-0.1, -0.05) is 51.1 Å². The van der Waals surface area contributed by atoms with Gasteiger partial charge in [0.25, 0.3) is 0 Å². The zero-order valence-corrected chi connectivity index (χ0v) is 10.7. The fourth-order valence-corrected chi connectivity index (χ4v) is 3.63. The molecule has 1 heteroatoms. The van der Waals surface area contributed by atoms with E-state index in [1.807, 2.05) is 0 Å². The first-order valence-corrected chi connectivity index (χ1v) is 6.26. The lowest BCUT2D eigenvalue weighted by molar-refractivity contribution is 0.107. The van der Waals surface area contributed by atoms with Gasteiger partial charge in [-0.15, -0.1) is 0 Å². The van der Waals surface area contributed by atoms with E-state index in [2.05, 4.69) is 51.1 Å². The van der Waals surface area contributed by atoms with Crippen LogP contribution in [-0.2, 0) is 5.54 Å². The van der Waals surface area contributed by atoms with Gasteiger partial charge in [0.05, 0.1) is 0 Å². The SMILES string of the molecule is CC1CC(C)(C)CC(N)(c2ccccc2)C1. The number of rotatable bonds is 1. The van der Waals surface area contributed by atoms with Gasteiger partial charge in [0.15, 0.2) is 0 Å². The van der Waals surface area contributed by atoms with Gasteiger partial charge >= 0.3 is 0 Å². The summed E-state index contributed by atoms with van der Waals surface area (Å²) in [4.78, 5) is 0. The fourth-order valence-electron chi connectivity index (χ4n) is 3.63. The second kappa shape index (κ2) is 3.89. The quantitative estimate of drug-likeness (QED) is 0.763. The van der Waals surface area contributed by atoms with E-state index in [0.717, 1.165) is 12.8 Å². The van der Waals surface area contributed by atoms with Gasteiger partial charge in [-0.3, -0.25) is 0 Å². The number of nitrogens with two attached hydrogens (primary N) is 1. The average molecular weight is 217 g/mol. The van der Waals surface area contributed by atoms with Crippen LogP contribution in [-0.4, -0.2) is 0 Å². The highest BCUT2D eigenvalue weighted by Gasteiger charge is 2.41. The maximum absolute atomic E-state index is 6.65. The lowest BCUT2D eigenvalue weighted by atomic mass is 9.62. The van der Waals surface area contributed by atoms with E-state index >= 15 is 0 Å². The van der Waals surface area contributed by atoms with E-state index in [-0.39, 0.29) is 5.54 Å². The molecule has 16 heavy (non-hydrogen) atoms. The Morgan fingerprint density at radius 2 is 1.75 bits per heavy atom. The summed E-state index contributed by atoms with van der Waals surface area (Å²) in [6.07, 6.45) is 3.49. The number of hydrogen-bond acceptors (Lipinski definition) is 1. The van der Waals surface area contributed by atoms with Gasteiger partial charge in [-0.25, -0.2) is 0 Å². The topological polar surface area (TPSA) is 26.0 Å². The van der Waals surface area contributed by atoms with Crippen molar-refractivity contribution in [2.75, 3.05) is 0 Å². The molecule has 0 spiro atoms. The van der Waals surface area contributed by atoms with Crippen LogP contribution >= 0.6 is 0 Å². The first-order valence-electron chi connectivity index (χ1n) is 6.26. The molecule has 1 nitrogen and oxygen atoms in total. The van der Waals surface area contributed by atoms with Crippen LogP contribution in [0.25, 0.3) is 0 Å². The zero-order valence-electron chi connectivity index (χ0n) is 10.7. The van der Waals surface area contributed by atoms with Crippen LogP contribution in [0.15, 0.2) is 30.3 Å². The summed E-state index contributed by atoms with van der Waals surface area (Å²) in [5, 5.41) is 0. The highest BCUT2D eigenvalue weighted by atomic mass is 14.8. The maximum atomic E-state index is 6.65. The second-order valence-corrected chi connectivity index (χ2v) is 6.38. The Bertz CT molecular complexity index is 355. The predicted molar refractivity (Wildman–Crippen MR) is 69.1 cm³/mol. The van der Waals surface area contributed by atoms with Crippen LogP contribution < -0.4 is 5.73 Å². The highest BCUT2D eigenvalue weighted by molar-refractivity contribution is 5.25. The smallest absolute Gasteiger partial charge is 0.0417 e. The summed E-state index contributed by atoms with van der Waals surface area (Å²) in [7, 11) is 0. The zero-order chi connectivity index (χ0) is 11.8. The van der Waals surface area contributed by atoms with E-state index in [1.165, 1.54) is 12.0 Å². The van der Waals surface area contributed by atoms with Crippen LogP contribution in [0.4, 0.5) is 0 Å². The van der Waals surface area contributed by atoms with Crippen LogP contribution in [0.3, 0.4) is 0 Å². The first kappa shape index (κ1) is 11.7. The van der Waals surface area contributed by atoms with Crippen molar-refractivity contribution in [3.8, 4) is 0 Å². The standard InChI is InChI=1S/C15H23N/c1-12-9-14(2,3)11-15(16,10-12)13-7-5-4-6-8-13/h4-8,12H,9-11,16H2,1-3H3. The van der Waals surface area contributed by atoms with E-state index in [9.17, 15) is 0 Å². The fraction of sp³-hybridized carbons (Fsp3) is 0.600. The molecular weight excluding hydrogens is 194 g/mol. The molecule has 1 aromatic rings. The monoisotopic (exact) mass is 217 g/mol. The molecule has 2 unspecified atom stereocenters. The lowest BCUT2D eigenvalue weighted by Crippen LogP contribution is -2.46. The summed E-state index contributed by atoms with van der Waals surface area (Å²) < 4.78 is 0. The number of hydrogen-bond donors (Lipinski definition) is 1. The summed E-state index contributed by atoms with van der Waals surface area (Å²) >= 11 is 0. The van der Waals surface area contributed by atoms with Crippen LogP contribution in [0.2, 0.25) is 0 Å². The molecule has 2 rings (SSSR count). The van der Waals surface area contributed by atoms with Crippen LogP contribution in [0.1, 0.15) is 45.6 Å². The lowest BCUT2D eigenvalue weighted by Gasteiger charge is -2.46. The molecule has 0 saturated heterocycles. The van der Waals surface area contributed by atoms with Gasteiger partial charge in [0.1, 0.15) is 0 Å². The molecule has 0 amide bonds. The molecule has 0 aromatic heterocycles. The van der Waals surface area contributed by atoms with Gasteiger partial charge in [-0.2, -0.15) is 0 Å². The normalized spacial score (nSPS) is 33.6. The van der Waals surface area contributed by atoms with Crippen molar-refractivity contribution in [3.63, 3.8) is 0 Å². The van der Waals surface area contributed by atoms with E-state index in [0.29, 0.717) is 11.3 Å². The minimum atomic E-state index is -0.123. The molecule has 1 aromatic carbocycles. The van der Waals surface area contributed by atoms with Crippen molar-refractivity contribution in [2.45, 2.75) is 45.6 Å². The van der Waals surface area contributed by atoms with Gasteiger partial charge < -0.3 is 5.73 Å². The second-order valence-electron chi connectivity index (χ2n) is 6.38. The third kappa shape index (κ3) is 2.30. The Morgan fingerprint density at radius 3 is 2.31 bits per heavy atom. The van der Waals surface area contributed by atoms with Crippen LogP contribution in [0.5, 0.6) is 0 Å². The predicted octanol–water partition coefficient (Wildman–Crippen LogP) is 3.69. The highest BCUT2D eigenvalue weighted by Crippen LogP contribution is 2.46. The van der Waals surface area contributed by atoms with Crippen LogP contribution in [0, 0.1) is 11.3 Å². The largest absolute Gasteiger partial charge is 0.321 e. The molecule has 2 atom stereocenters. The molecule has 1 saturated carbocycles. The molecule has 88 valence electrons. The van der Waals surface area contributed by atoms with Crippen molar-refractivity contribution >= 4 is 0 Å². The first-order chi connectivity index (χ1) is 7.41. The third-order valence-corrected chi connectivity index (χ3v) is 3.76. The van der Waals surface area contributed by atoms with Crippen molar-refractivity contribution in [2.24, 2.45) is 17.1 Å². The Balaban J connectivity index is 2.31. The van der Waals surface area contributed by atoms with Crippen molar-refractivity contribution in [1.29, 1.82) is 0 Å². The molecule has 0 heterocycles. The Hall–Kier alpha value is -0.820. The van der Waals surface area contributed by atoms with E-state index in [1.54, 1.807) is 0 Å². The Morgan fingerprint density at radius 1 is 1.12 bits per heavy atom. The Labute approximate surface area is 99.0 Å². The van der Waals surface area contributed by atoms with E-state index in [4.69, 9.17) is 5.73 Å².